The van der Waals surface area contributed by atoms with Gasteiger partial charge in [0.1, 0.15) is 5.75 Å². The Hall–Kier alpha value is -1.26. The van der Waals surface area contributed by atoms with Crippen molar-refractivity contribution in [2.75, 3.05) is 19.0 Å². The lowest BCUT2D eigenvalue weighted by Crippen LogP contribution is -2.40. The van der Waals surface area contributed by atoms with Crippen molar-refractivity contribution in [3.63, 3.8) is 0 Å². The summed E-state index contributed by atoms with van der Waals surface area (Å²) in [5, 5.41) is 3.58. The molecule has 0 spiro atoms. The topological polar surface area (TPSA) is 64.3 Å². The van der Waals surface area contributed by atoms with Gasteiger partial charge in [-0.3, -0.25) is 4.79 Å². The van der Waals surface area contributed by atoms with Crippen LogP contribution < -0.4 is 15.8 Å². The summed E-state index contributed by atoms with van der Waals surface area (Å²) in [7, 11) is 1.56. The molecule has 20 heavy (non-hydrogen) atoms. The predicted molar refractivity (Wildman–Crippen MR) is 81.3 cm³/mol. The lowest BCUT2D eigenvalue weighted by Gasteiger charge is -2.26. The fourth-order valence-corrected chi connectivity index (χ4v) is 2.91. The largest absolute Gasteiger partial charge is 0.495 e. The van der Waals surface area contributed by atoms with Crippen molar-refractivity contribution in [2.45, 2.75) is 32.6 Å². The summed E-state index contributed by atoms with van der Waals surface area (Å²) in [4.78, 5) is 12.6. The summed E-state index contributed by atoms with van der Waals surface area (Å²) >= 11 is 6.07. The Balaban J connectivity index is 2.25. The first-order valence-electron chi connectivity index (χ1n) is 6.88. The average molecular weight is 297 g/mol. The lowest BCUT2D eigenvalue weighted by molar-refractivity contribution is -0.124. The van der Waals surface area contributed by atoms with Crippen molar-refractivity contribution < 1.29 is 9.53 Å². The van der Waals surface area contributed by atoms with Gasteiger partial charge in [0.15, 0.2) is 0 Å². The third kappa shape index (κ3) is 2.76. The van der Waals surface area contributed by atoms with Gasteiger partial charge in [0.25, 0.3) is 0 Å². The number of carbonyl (C=O) groups is 1. The maximum Gasteiger partial charge on any atom is 0.231 e. The number of hydrogen-bond acceptors (Lipinski definition) is 3. The highest BCUT2D eigenvalue weighted by Gasteiger charge is 2.40. The zero-order chi connectivity index (χ0) is 14.8. The number of nitrogens with one attached hydrogen (secondary N) is 1. The Morgan fingerprint density at radius 3 is 2.65 bits per heavy atom. The number of nitrogens with two attached hydrogens (primary N) is 1. The summed E-state index contributed by atoms with van der Waals surface area (Å²) in [5.41, 5.74) is 6.95. The third-order valence-corrected chi connectivity index (χ3v) is 4.57. The van der Waals surface area contributed by atoms with Crippen molar-refractivity contribution in [2.24, 2.45) is 11.1 Å². The first-order valence-corrected chi connectivity index (χ1v) is 7.26. The van der Waals surface area contributed by atoms with Crippen LogP contribution in [0.1, 0.15) is 31.2 Å². The molecule has 3 N–H and O–H groups in total. The van der Waals surface area contributed by atoms with Crippen LogP contribution >= 0.6 is 11.6 Å². The second-order valence-corrected chi connectivity index (χ2v) is 5.85. The van der Waals surface area contributed by atoms with Crippen LogP contribution in [-0.4, -0.2) is 19.6 Å². The molecule has 1 saturated carbocycles. The number of ether oxygens (including phenoxy) is 1. The van der Waals surface area contributed by atoms with Crippen LogP contribution in [0.25, 0.3) is 0 Å². The van der Waals surface area contributed by atoms with Crippen molar-refractivity contribution >= 4 is 23.2 Å². The highest BCUT2D eigenvalue weighted by molar-refractivity contribution is 6.31. The quantitative estimate of drug-likeness (QED) is 0.897. The van der Waals surface area contributed by atoms with Crippen LogP contribution in [0, 0.1) is 12.3 Å². The number of carbonyl (C=O) groups excluding carboxylic acids is 1. The number of hydrogen-bond donors (Lipinski definition) is 2. The average Bonchev–Trinajstić information content (AvgIpc) is 2.92. The Kier molecular flexibility index (Phi) is 4.55. The van der Waals surface area contributed by atoms with E-state index in [9.17, 15) is 4.79 Å². The maximum absolute atomic E-state index is 12.6. The fourth-order valence-electron chi connectivity index (χ4n) is 2.76. The number of anilines is 1. The van der Waals surface area contributed by atoms with Gasteiger partial charge in [-0.2, -0.15) is 0 Å². The molecule has 1 aromatic rings. The van der Waals surface area contributed by atoms with Crippen LogP contribution in [0.3, 0.4) is 0 Å². The van der Waals surface area contributed by atoms with Gasteiger partial charge in [-0.25, -0.2) is 0 Å². The summed E-state index contributed by atoms with van der Waals surface area (Å²) in [6.07, 6.45) is 3.82. The van der Waals surface area contributed by atoms with Gasteiger partial charge < -0.3 is 15.8 Å². The monoisotopic (exact) mass is 296 g/mol. The van der Waals surface area contributed by atoms with E-state index in [1.807, 2.05) is 13.0 Å². The van der Waals surface area contributed by atoms with Crippen LogP contribution in [0.4, 0.5) is 5.69 Å². The minimum atomic E-state index is -0.432. The molecule has 110 valence electrons. The minimum absolute atomic E-state index is 0.0162. The Labute approximate surface area is 124 Å². The van der Waals surface area contributed by atoms with Crippen LogP contribution in [0.5, 0.6) is 5.75 Å². The SMILES string of the molecule is COc1cc(Cl)c(C)cc1NC(=O)C1(CN)CCCC1. The van der Waals surface area contributed by atoms with E-state index >= 15 is 0 Å². The van der Waals surface area contributed by atoms with Gasteiger partial charge >= 0.3 is 0 Å². The molecule has 0 unspecified atom stereocenters. The smallest absolute Gasteiger partial charge is 0.231 e. The Morgan fingerprint density at radius 2 is 2.10 bits per heavy atom. The molecule has 0 atom stereocenters. The highest BCUT2D eigenvalue weighted by atomic mass is 35.5. The molecular formula is C15H21ClN2O2. The molecule has 1 aromatic carbocycles. The van der Waals surface area contributed by atoms with Gasteiger partial charge in [-0.15, -0.1) is 0 Å². The molecule has 4 nitrogen and oxygen atoms in total. The first-order chi connectivity index (χ1) is 9.52. The number of methoxy groups -OCH3 is 1. The van der Waals surface area contributed by atoms with Crippen molar-refractivity contribution in [3.8, 4) is 5.75 Å². The zero-order valence-electron chi connectivity index (χ0n) is 12.0. The summed E-state index contributed by atoms with van der Waals surface area (Å²) in [6.45, 7) is 2.28. The van der Waals surface area contributed by atoms with E-state index in [1.165, 1.54) is 0 Å². The maximum atomic E-state index is 12.6. The molecule has 1 fully saturated rings. The van der Waals surface area contributed by atoms with E-state index in [0.717, 1.165) is 31.2 Å². The van der Waals surface area contributed by atoms with E-state index in [4.69, 9.17) is 22.1 Å². The molecule has 0 aromatic heterocycles. The molecule has 0 heterocycles. The number of rotatable bonds is 4. The number of benzene rings is 1. The Morgan fingerprint density at radius 1 is 1.45 bits per heavy atom. The molecule has 1 aliphatic rings. The predicted octanol–water partition coefficient (Wildman–Crippen LogP) is 3.11. The third-order valence-electron chi connectivity index (χ3n) is 4.16. The van der Waals surface area contributed by atoms with Crippen molar-refractivity contribution in [3.05, 3.63) is 22.7 Å². The fraction of sp³-hybridized carbons (Fsp3) is 0.533. The lowest BCUT2D eigenvalue weighted by atomic mass is 9.85. The number of aryl methyl sites for hydroxylation is 1. The summed E-state index contributed by atoms with van der Waals surface area (Å²) in [5.74, 6) is 0.552. The highest BCUT2D eigenvalue weighted by Crippen LogP contribution is 2.39. The molecule has 2 rings (SSSR count). The van der Waals surface area contributed by atoms with Gasteiger partial charge in [-0.1, -0.05) is 24.4 Å². The van der Waals surface area contributed by atoms with E-state index < -0.39 is 5.41 Å². The molecular weight excluding hydrogens is 276 g/mol. The van der Waals surface area contributed by atoms with Crippen LogP contribution in [0.15, 0.2) is 12.1 Å². The second-order valence-electron chi connectivity index (χ2n) is 5.45. The molecule has 0 saturated heterocycles. The van der Waals surface area contributed by atoms with E-state index in [1.54, 1.807) is 13.2 Å². The molecule has 0 radical (unpaired) electrons. The first kappa shape index (κ1) is 15.1. The molecule has 5 heteroatoms. The van der Waals surface area contributed by atoms with Gasteiger partial charge in [0, 0.05) is 17.6 Å². The van der Waals surface area contributed by atoms with Crippen LogP contribution in [-0.2, 0) is 4.79 Å². The number of amides is 1. The Bertz CT molecular complexity index is 511. The zero-order valence-corrected chi connectivity index (χ0v) is 12.7. The van der Waals surface area contributed by atoms with Gasteiger partial charge in [0.05, 0.1) is 18.2 Å². The minimum Gasteiger partial charge on any atom is -0.495 e. The van der Waals surface area contributed by atoms with Crippen LogP contribution in [0.2, 0.25) is 5.02 Å². The normalized spacial score (nSPS) is 17.0. The molecule has 0 bridgehead atoms. The molecule has 1 aliphatic carbocycles. The number of halogens is 1. The standard InChI is InChI=1S/C15H21ClN2O2/c1-10-7-12(13(20-2)8-11(10)16)18-14(19)15(9-17)5-3-4-6-15/h7-8H,3-6,9,17H2,1-2H3,(H,18,19). The van der Waals surface area contributed by atoms with E-state index in [2.05, 4.69) is 5.32 Å². The van der Waals surface area contributed by atoms with Gasteiger partial charge in [-0.05, 0) is 31.4 Å². The summed E-state index contributed by atoms with van der Waals surface area (Å²) < 4.78 is 5.28. The van der Waals surface area contributed by atoms with Crippen molar-refractivity contribution in [1.82, 2.24) is 0 Å². The summed E-state index contributed by atoms with van der Waals surface area (Å²) in [6, 6.07) is 3.55. The van der Waals surface area contributed by atoms with Crippen molar-refractivity contribution in [1.29, 1.82) is 0 Å². The van der Waals surface area contributed by atoms with Gasteiger partial charge in [0.2, 0.25) is 5.91 Å². The molecule has 0 aliphatic heterocycles. The second kappa shape index (κ2) is 6.02. The van der Waals surface area contributed by atoms with E-state index in [0.29, 0.717) is 23.0 Å². The van der Waals surface area contributed by atoms with E-state index in [-0.39, 0.29) is 5.91 Å². The molecule has 1 amide bonds.